The second kappa shape index (κ2) is 8.90. The molecule has 1 aromatic rings. The Bertz CT molecular complexity index is 446. The van der Waals surface area contributed by atoms with Gasteiger partial charge in [-0.25, -0.2) is 0 Å². The van der Waals surface area contributed by atoms with Crippen molar-refractivity contribution in [1.82, 2.24) is 5.32 Å². The number of amides is 1. The monoisotopic (exact) mass is 312 g/mol. The quantitative estimate of drug-likeness (QED) is 0.878. The molecule has 0 unspecified atom stereocenters. The van der Waals surface area contributed by atoms with E-state index in [1.165, 1.54) is 0 Å². The number of carbonyl (C=O) groups is 1. The Morgan fingerprint density at radius 3 is 2.76 bits per heavy atom. The summed E-state index contributed by atoms with van der Waals surface area (Å²) in [5.74, 6) is 1.54. The van der Waals surface area contributed by atoms with Gasteiger partial charge in [-0.1, -0.05) is 19.9 Å². The molecular weight excluding hydrogens is 288 g/mol. The van der Waals surface area contributed by atoms with Gasteiger partial charge < -0.3 is 15.4 Å². The van der Waals surface area contributed by atoms with Gasteiger partial charge in [0.1, 0.15) is 5.75 Å². The topological polar surface area (TPSA) is 50.4 Å². The van der Waals surface area contributed by atoms with Crippen LogP contribution in [0.1, 0.15) is 26.7 Å². The van der Waals surface area contributed by atoms with Crippen LogP contribution in [0.4, 0.5) is 5.69 Å². The molecule has 21 heavy (non-hydrogen) atoms. The number of hydrogen-bond acceptors (Lipinski definition) is 3. The molecular formula is C16H25ClN2O2. The molecule has 2 rings (SSSR count). The number of ether oxygens (including phenoxy) is 1. The maximum absolute atomic E-state index is 12.2. The number of benzene rings is 1. The molecule has 0 atom stereocenters. The molecule has 1 amide bonds. The molecule has 0 aromatic heterocycles. The lowest BCUT2D eigenvalue weighted by atomic mass is 9.97. The zero-order valence-electron chi connectivity index (χ0n) is 12.7. The molecule has 1 saturated heterocycles. The SMILES string of the molecule is CC(C)COc1cccc(NC(=O)C2CCNCC2)c1.Cl. The van der Waals surface area contributed by atoms with Crippen molar-refractivity contribution in [2.75, 3.05) is 25.0 Å². The van der Waals surface area contributed by atoms with Crippen LogP contribution >= 0.6 is 12.4 Å². The minimum atomic E-state index is 0. The lowest BCUT2D eigenvalue weighted by Gasteiger charge is -2.21. The van der Waals surface area contributed by atoms with Crippen LogP contribution in [-0.2, 0) is 4.79 Å². The normalized spacial score (nSPS) is 15.4. The molecule has 1 fully saturated rings. The smallest absolute Gasteiger partial charge is 0.227 e. The number of rotatable bonds is 5. The first kappa shape index (κ1) is 17.8. The van der Waals surface area contributed by atoms with Gasteiger partial charge in [0.05, 0.1) is 6.61 Å². The Hall–Kier alpha value is -1.26. The summed E-state index contributed by atoms with van der Waals surface area (Å²) in [4.78, 5) is 12.2. The highest BCUT2D eigenvalue weighted by molar-refractivity contribution is 5.92. The van der Waals surface area contributed by atoms with Crippen LogP contribution in [0.25, 0.3) is 0 Å². The molecule has 0 saturated carbocycles. The molecule has 0 bridgehead atoms. The van der Waals surface area contributed by atoms with Crippen LogP contribution in [0.2, 0.25) is 0 Å². The number of halogens is 1. The minimum Gasteiger partial charge on any atom is -0.493 e. The van der Waals surface area contributed by atoms with E-state index in [-0.39, 0.29) is 24.2 Å². The van der Waals surface area contributed by atoms with Crippen molar-refractivity contribution >= 4 is 24.0 Å². The van der Waals surface area contributed by atoms with E-state index in [1.807, 2.05) is 24.3 Å². The molecule has 0 radical (unpaired) electrons. The van der Waals surface area contributed by atoms with Crippen molar-refractivity contribution in [3.8, 4) is 5.75 Å². The number of carbonyl (C=O) groups excluding carboxylic acids is 1. The van der Waals surface area contributed by atoms with E-state index in [1.54, 1.807) is 0 Å². The van der Waals surface area contributed by atoms with E-state index in [0.717, 1.165) is 37.4 Å². The summed E-state index contributed by atoms with van der Waals surface area (Å²) < 4.78 is 5.67. The van der Waals surface area contributed by atoms with Crippen LogP contribution in [0.5, 0.6) is 5.75 Å². The van der Waals surface area contributed by atoms with E-state index >= 15 is 0 Å². The van der Waals surface area contributed by atoms with Gasteiger partial charge in [0.25, 0.3) is 0 Å². The lowest BCUT2D eigenvalue weighted by Crippen LogP contribution is -2.34. The number of hydrogen-bond donors (Lipinski definition) is 2. The third-order valence-corrected chi connectivity index (χ3v) is 3.39. The van der Waals surface area contributed by atoms with Gasteiger partial charge in [0.2, 0.25) is 5.91 Å². The molecule has 1 heterocycles. The van der Waals surface area contributed by atoms with Gasteiger partial charge >= 0.3 is 0 Å². The summed E-state index contributed by atoms with van der Waals surface area (Å²) >= 11 is 0. The third kappa shape index (κ3) is 5.94. The Morgan fingerprint density at radius 2 is 2.10 bits per heavy atom. The van der Waals surface area contributed by atoms with Crippen molar-refractivity contribution < 1.29 is 9.53 Å². The summed E-state index contributed by atoms with van der Waals surface area (Å²) in [6, 6.07) is 7.62. The highest BCUT2D eigenvalue weighted by Crippen LogP contribution is 2.20. The Labute approximate surface area is 133 Å². The van der Waals surface area contributed by atoms with Crippen molar-refractivity contribution in [3.63, 3.8) is 0 Å². The Kier molecular flexibility index (Phi) is 7.54. The zero-order chi connectivity index (χ0) is 14.4. The first-order valence-electron chi connectivity index (χ1n) is 7.39. The Morgan fingerprint density at radius 1 is 1.38 bits per heavy atom. The van der Waals surface area contributed by atoms with Gasteiger partial charge in [0.15, 0.2) is 0 Å². The molecule has 1 aliphatic heterocycles. The molecule has 2 N–H and O–H groups in total. The largest absolute Gasteiger partial charge is 0.493 e. The number of anilines is 1. The summed E-state index contributed by atoms with van der Waals surface area (Å²) in [7, 11) is 0. The second-order valence-corrected chi connectivity index (χ2v) is 5.75. The van der Waals surface area contributed by atoms with E-state index in [0.29, 0.717) is 12.5 Å². The van der Waals surface area contributed by atoms with E-state index in [4.69, 9.17) is 4.74 Å². The Balaban J connectivity index is 0.00000220. The van der Waals surface area contributed by atoms with Crippen LogP contribution in [0, 0.1) is 11.8 Å². The number of piperidine rings is 1. The van der Waals surface area contributed by atoms with Crippen LogP contribution in [-0.4, -0.2) is 25.6 Å². The molecule has 118 valence electrons. The predicted molar refractivity (Wildman–Crippen MR) is 88.2 cm³/mol. The molecule has 4 nitrogen and oxygen atoms in total. The molecule has 5 heteroatoms. The fraction of sp³-hybridized carbons (Fsp3) is 0.562. The van der Waals surface area contributed by atoms with Gasteiger partial charge in [-0.05, 0) is 44.0 Å². The van der Waals surface area contributed by atoms with Crippen molar-refractivity contribution in [2.45, 2.75) is 26.7 Å². The summed E-state index contributed by atoms with van der Waals surface area (Å²) in [5, 5.41) is 6.26. The van der Waals surface area contributed by atoms with Gasteiger partial charge in [0, 0.05) is 17.7 Å². The van der Waals surface area contributed by atoms with Crippen molar-refractivity contribution in [3.05, 3.63) is 24.3 Å². The van der Waals surface area contributed by atoms with Gasteiger partial charge in [-0.3, -0.25) is 4.79 Å². The van der Waals surface area contributed by atoms with E-state index in [2.05, 4.69) is 24.5 Å². The molecule has 1 aliphatic rings. The zero-order valence-corrected chi connectivity index (χ0v) is 13.5. The highest BCUT2D eigenvalue weighted by atomic mass is 35.5. The van der Waals surface area contributed by atoms with E-state index in [9.17, 15) is 4.79 Å². The van der Waals surface area contributed by atoms with Crippen LogP contribution in [0.3, 0.4) is 0 Å². The average molecular weight is 313 g/mol. The average Bonchev–Trinajstić information content (AvgIpc) is 2.46. The fourth-order valence-corrected chi connectivity index (χ4v) is 2.25. The highest BCUT2D eigenvalue weighted by Gasteiger charge is 2.20. The number of nitrogens with one attached hydrogen (secondary N) is 2. The van der Waals surface area contributed by atoms with Crippen molar-refractivity contribution in [1.29, 1.82) is 0 Å². The second-order valence-electron chi connectivity index (χ2n) is 5.75. The minimum absolute atomic E-state index is 0. The molecule has 0 aliphatic carbocycles. The first-order valence-corrected chi connectivity index (χ1v) is 7.39. The van der Waals surface area contributed by atoms with Crippen molar-refractivity contribution in [2.24, 2.45) is 11.8 Å². The van der Waals surface area contributed by atoms with Crippen LogP contribution in [0.15, 0.2) is 24.3 Å². The van der Waals surface area contributed by atoms with E-state index < -0.39 is 0 Å². The predicted octanol–water partition coefficient (Wildman–Crippen LogP) is 3.08. The summed E-state index contributed by atoms with van der Waals surface area (Å²) in [5.41, 5.74) is 0.815. The van der Waals surface area contributed by atoms with Gasteiger partial charge in [-0.2, -0.15) is 0 Å². The summed E-state index contributed by atoms with van der Waals surface area (Å²) in [6.07, 6.45) is 1.82. The lowest BCUT2D eigenvalue weighted by molar-refractivity contribution is -0.120. The van der Waals surface area contributed by atoms with Gasteiger partial charge in [-0.15, -0.1) is 12.4 Å². The standard InChI is InChI=1S/C16H24N2O2.ClH/c1-12(2)11-20-15-5-3-4-14(10-15)18-16(19)13-6-8-17-9-7-13;/h3-5,10,12-13,17H,6-9,11H2,1-2H3,(H,18,19);1H. The molecule has 0 spiro atoms. The maximum atomic E-state index is 12.2. The first-order chi connectivity index (χ1) is 9.65. The maximum Gasteiger partial charge on any atom is 0.227 e. The fourth-order valence-electron chi connectivity index (χ4n) is 2.25. The third-order valence-electron chi connectivity index (χ3n) is 3.39. The molecule has 1 aromatic carbocycles. The summed E-state index contributed by atoms with van der Waals surface area (Å²) in [6.45, 7) is 6.77. The van der Waals surface area contributed by atoms with Crippen LogP contribution < -0.4 is 15.4 Å².